The van der Waals surface area contributed by atoms with Gasteiger partial charge in [-0.15, -0.1) is 0 Å². The average molecular weight is 274 g/mol. The standard InChI is InChI=1S/C18H14N2O/c1-11-3-4-12(2)14(7-11)18(21)16-10-20-17-6-5-13(9-19)8-15(16)17/h3-8,10,20H,1-2H3. The zero-order chi connectivity index (χ0) is 15.0. The third-order valence-corrected chi connectivity index (χ3v) is 3.69. The van der Waals surface area contributed by atoms with Crippen LogP contribution in [0.3, 0.4) is 0 Å². The summed E-state index contributed by atoms with van der Waals surface area (Å²) in [5.41, 5.74) is 4.74. The van der Waals surface area contributed by atoms with Crippen LogP contribution >= 0.6 is 0 Å². The topological polar surface area (TPSA) is 56.6 Å². The van der Waals surface area contributed by atoms with Crippen molar-refractivity contribution in [3.8, 4) is 6.07 Å². The van der Waals surface area contributed by atoms with Gasteiger partial charge in [0.15, 0.2) is 5.78 Å². The molecule has 0 saturated carbocycles. The van der Waals surface area contributed by atoms with Crippen LogP contribution in [0.1, 0.15) is 32.6 Å². The Balaban J connectivity index is 2.18. The maximum Gasteiger partial charge on any atom is 0.195 e. The Morgan fingerprint density at radius 3 is 2.67 bits per heavy atom. The number of ketones is 1. The number of nitriles is 1. The molecule has 0 spiro atoms. The van der Waals surface area contributed by atoms with Gasteiger partial charge in [-0.1, -0.05) is 17.7 Å². The molecule has 21 heavy (non-hydrogen) atoms. The summed E-state index contributed by atoms with van der Waals surface area (Å²) >= 11 is 0. The maximum atomic E-state index is 12.8. The first kappa shape index (κ1) is 13.1. The molecule has 1 N–H and O–H groups in total. The van der Waals surface area contributed by atoms with Crippen molar-refractivity contribution in [2.75, 3.05) is 0 Å². The van der Waals surface area contributed by atoms with Crippen molar-refractivity contribution in [2.45, 2.75) is 13.8 Å². The summed E-state index contributed by atoms with van der Waals surface area (Å²) in [6.07, 6.45) is 1.72. The van der Waals surface area contributed by atoms with Crippen molar-refractivity contribution in [2.24, 2.45) is 0 Å². The van der Waals surface area contributed by atoms with Gasteiger partial charge in [-0.3, -0.25) is 4.79 Å². The van der Waals surface area contributed by atoms with E-state index in [1.54, 1.807) is 18.3 Å². The first-order chi connectivity index (χ1) is 10.1. The zero-order valence-electron chi connectivity index (χ0n) is 11.9. The van der Waals surface area contributed by atoms with E-state index in [-0.39, 0.29) is 5.78 Å². The number of benzene rings is 2. The van der Waals surface area contributed by atoms with Crippen LogP contribution in [0.4, 0.5) is 0 Å². The van der Waals surface area contributed by atoms with E-state index in [1.807, 2.05) is 38.1 Å². The molecule has 0 saturated heterocycles. The predicted molar refractivity (Wildman–Crippen MR) is 82.4 cm³/mol. The molecular weight excluding hydrogens is 260 g/mol. The van der Waals surface area contributed by atoms with Gasteiger partial charge in [-0.2, -0.15) is 5.26 Å². The van der Waals surface area contributed by atoms with Crippen LogP contribution in [0.25, 0.3) is 10.9 Å². The third kappa shape index (κ3) is 2.21. The number of hydrogen-bond donors (Lipinski definition) is 1. The molecule has 0 fully saturated rings. The average Bonchev–Trinajstić information content (AvgIpc) is 2.91. The number of hydrogen-bond acceptors (Lipinski definition) is 2. The molecule has 0 bridgehead atoms. The molecule has 102 valence electrons. The first-order valence-electron chi connectivity index (χ1n) is 6.73. The number of rotatable bonds is 2. The molecule has 0 atom stereocenters. The molecule has 0 aliphatic heterocycles. The number of fused-ring (bicyclic) bond motifs is 1. The molecule has 1 aromatic heterocycles. The van der Waals surface area contributed by atoms with E-state index in [9.17, 15) is 4.79 Å². The lowest BCUT2D eigenvalue weighted by Gasteiger charge is -2.05. The maximum absolute atomic E-state index is 12.8. The van der Waals surface area contributed by atoms with Crippen molar-refractivity contribution in [1.82, 2.24) is 4.98 Å². The highest BCUT2D eigenvalue weighted by atomic mass is 16.1. The quantitative estimate of drug-likeness (QED) is 0.721. The Bertz CT molecular complexity index is 897. The highest BCUT2D eigenvalue weighted by molar-refractivity contribution is 6.17. The molecule has 0 aliphatic carbocycles. The lowest BCUT2D eigenvalue weighted by Crippen LogP contribution is -2.03. The molecule has 3 heteroatoms. The molecule has 3 rings (SSSR count). The fraction of sp³-hybridized carbons (Fsp3) is 0.111. The van der Waals surface area contributed by atoms with Gasteiger partial charge >= 0.3 is 0 Å². The summed E-state index contributed by atoms with van der Waals surface area (Å²) in [6.45, 7) is 3.90. The van der Waals surface area contributed by atoms with Gasteiger partial charge in [0, 0.05) is 28.2 Å². The van der Waals surface area contributed by atoms with Crippen LogP contribution in [-0.4, -0.2) is 10.8 Å². The van der Waals surface area contributed by atoms with Crippen molar-refractivity contribution < 1.29 is 4.79 Å². The number of aromatic amines is 1. The second-order valence-corrected chi connectivity index (χ2v) is 5.22. The number of carbonyl (C=O) groups is 1. The Morgan fingerprint density at radius 2 is 1.90 bits per heavy atom. The summed E-state index contributed by atoms with van der Waals surface area (Å²) in [5, 5.41) is 9.81. The molecule has 0 amide bonds. The Hall–Kier alpha value is -2.86. The van der Waals surface area contributed by atoms with E-state index < -0.39 is 0 Å². The SMILES string of the molecule is Cc1ccc(C)c(C(=O)c2c[nH]c3ccc(C#N)cc23)c1. The molecular formula is C18H14N2O. The van der Waals surface area contributed by atoms with Crippen LogP contribution < -0.4 is 0 Å². The first-order valence-corrected chi connectivity index (χ1v) is 6.73. The minimum atomic E-state index is -0.0162. The van der Waals surface area contributed by atoms with Crippen LogP contribution in [0, 0.1) is 25.2 Å². The van der Waals surface area contributed by atoms with E-state index >= 15 is 0 Å². The van der Waals surface area contributed by atoms with Crippen LogP contribution in [0.5, 0.6) is 0 Å². The normalized spacial score (nSPS) is 10.5. The lowest BCUT2D eigenvalue weighted by molar-refractivity contribution is 0.103. The largest absolute Gasteiger partial charge is 0.360 e. The second-order valence-electron chi connectivity index (χ2n) is 5.22. The third-order valence-electron chi connectivity index (χ3n) is 3.69. The van der Waals surface area contributed by atoms with Gasteiger partial charge < -0.3 is 4.98 Å². The van der Waals surface area contributed by atoms with E-state index in [2.05, 4.69) is 11.1 Å². The number of carbonyl (C=O) groups excluding carboxylic acids is 1. The molecule has 1 heterocycles. The van der Waals surface area contributed by atoms with E-state index in [0.29, 0.717) is 16.7 Å². The number of aromatic nitrogens is 1. The smallest absolute Gasteiger partial charge is 0.195 e. The summed E-state index contributed by atoms with van der Waals surface area (Å²) in [5.74, 6) is -0.0162. The number of aryl methyl sites for hydroxylation is 2. The van der Waals surface area contributed by atoms with Crippen molar-refractivity contribution in [3.63, 3.8) is 0 Å². The van der Waals surface area contributed by atoms with Crippen molar-refractivity contribution in [3.05, 3.63) is 70.4 Å². The number of H-pyrrole nitrogens is 1. The van der Waals surface area contributed by atoms with E-state index in [1.165, 1.54) is 0 Å². The molecule has 3 aromatic rings. The van der Waals surface area contributed by atoms with Gasteiger partial charge in [0.05, 0.1) is 11.6 Å². The molecule has 2 aromatic carbocycles. The van der Waals surface area contributed by atoms with Crippen LogP contribution in [-0.2, 0) is 0 Å². The second kappa shape index (κ2) is 4.92. The summed E-state index contributed by atoms with van der Waals surface area (Å²) in [6, 6.07) is 13.3. The minimum Gasteiger partial charge on any atom is -0.360 e. The fourth-order valence-corrected chi connectivity index (χ4v) is 2.50. The Morgan fingerprint density at radius 1 is 1.10 bits per heavy atom. The number of nitrogens with zero attached hydrogens (tertiary/aromatic N) is 1. The van der Waals surface area contributed by atoms with Gasteiger partial charge in [0.1, 0.15) is 0 Å². The molecule has 3 nitrogen and oxygen atoms in total. The zero-order valence-corrected chi connectivity index (χ0v) is 11.9. The van der Waals surface area contributed by atoms with Crippen LogP contribution in [0.2, 0.25) is 0 Å². The van der Waals surface area contributed by atoms with Crippen LogP contribution in [0.15, 0.2) is 42.6 Å². The highest BCUT2D eigenvalue weighted by Gasteiger charge is 2.16. The lowest BCUT2D eigenvalue weighted by atomic mass is 9.96. The predicted octanol–water partition coefficient (Wildman–Crippen LogP) is 3.89. The van der Waals surface area contributed by atoms with Gasteiger partial charge in [-0.05, 0) is 43.7 Å². The van der Waals surface area contributed by atoms with E-state index in [4.69, 9.17) is 5.26 Å². The molecule has 0 unspecified atom stereocenters. The van der Waals surface area contributed by atoms with Gasteiger partial charge in [0.2, 0.25) is 0 Å². The van der Waals surface area contributed by atoms with E-state index in [0.717, 1.165) is 22.0 Å². The monoisotopic (exact) mass is 274 g/mol. The fourth-order valence-electron chi connectivity index (χ4n) is 2.50. The molecule has 0 radical (unpaired) electrons. The van der Waals surface area contributed by atoms with Gasteiger partial charge in [-0.25, -0.2) is 0 Å². The van der Waals surface area contributed by atoms with Crippen molar-refractivity contribution in [1.29, 1.82) is 5.26 Å². The highest BCUT2D eigenvalue weighted by Crippen LogP contribution is 2.24. The Kier molecular flexibility index (Phi) is 3.08. The molecule has 0 aliphatic rings. The summed E-state index contributed by atoms with van der Waals surface area (Å²) in [4.78, 5) is 15.9. The number of nitrogens with one attached hydrogen (secondary N) is 1. The van der Waals surface area contributed by atoms with Crippen molar-refractivity contribution >= 4 is 16.7 Å². The van der Waals surface area contributed by atoms with Gasteiger partial charge in [0.25, 0.3) is 0 Å². The Labute approximate surface area is 122 Å². The summed E-state index contributed by atoms with van der Waals surface area (Å²) < 4.78 is 0. The summed E-state index contributed by atoms with van der Waals surface area (Å²) in [7, 11) is 0. The minimum absolute atomic E-state index is 0.0162.